The van der Waals surface area contributed by atoms with Crippen molar-refractivity contribution in [3.63, 3.8) is 0 Å². The van der Waals surface area contributed by atoms with E-state index in [1.165, 1.54) is 12.8 Å². The van der Waals surface area contributed by atoms with Crippen molar-refractivity contribution < 1.29 is 9.21 Å². The van der Waals surface area contributed by atoms with E-state index in [1.54, 1.807) is 0 Å². The average molecular weight is 293 g/mol. The third-order valence-electron chi connectivity index (χ3n) is 4.22. The van der Waals surface area contributed by atoms with E-state index in [2.05, 4.69) is 25.7 Å². The summed E-state index contributed by atoms with van der Waals surface area (Å²) in [7, 11) is 0. The number of amides is 1. The second kappa shape index (κ2) is 6.11. The molecule has 2 atom stereocenters. The zero-order valence-electron chi connectivity index (χ0n) is 12.6. The van der Waals surface area contributed by atoms with E-state index in [0.717, 1.165) is 19.6 Å². The maximum atomic E-state index is 12.1. The van der Waals surface area contributed by atoms with Crippen LogP contribution in [0.1, 0.15) is 38.5 Å². The summed E-state index contributed by atoms with van der Waals surface area (Å²) in [5, 5.41) is 14.0. The van der Waals surface area contributed by atoms with E-state index in [1.807, 2.05) is 13.8 Å². The van der Waals surface area contributed by atoms with Gasteiger partial charge in [0.05, 0.1) is 6.54 Å². The molecule has 2 N–H and O–H groups in total. The quantitative estimate of drug-likeness (QED) is 0.855. The molecule has 0 unspecified atom stereocenters. The second-order valence-electron chi connectivity index (χ2n) is 6.31. The van der Waals surface area contributed by atoms with Gasteiger partial charge in [-0.3, -0.25) is 15.0 Å². The van der Waals surface area contributed by atoms with Gasteiger partial charge in [0.1, 0.15) is 0 Å². The van der Waals surface area contributed by atoms with E-state index in [-0.39, 0.29) is 17.8 Å². The Labute approximate surface area is 124 Å². The fourth-order valence-corrected chi connectivity index (χ4v) is 3.15. The molecule has 0 saturated carbocycles. The number of carbonyl (C=O) groups excluding carboxylic acids is 1. The number of carbonyl (C=O) groups is 1. The monoisotopic (exact) mass is 293 g/mol. The SMILES string of the molecule is CC(C)c1nnc(NC(=O)CN2C[C@@H]3CCCN[C@@H]3C2)o1. The first-order chi connectivity index (χ1) is 10.1. The maximum Gasteiger partial charge on any atom is 0.322 e. The number of likely N-dealkylation sites (tertiary alicyclic amines) is 1. The van der Waals surface area contributed by atoms with Crippen LogP contribution >= 0.6 is 0 Å². The zero-order valence-corrected chi connectivity index (χ0v) is 12.6. The van der Waals surface area contributed by atoms with Gasteiger partial charge in [-0.1, -0.05) is 18.9 Å². The molecule has 2 saturated heterocycles. The standard InChI is InChI=1S/C14H23N5O2/c1-9(2)13-17-18-14(21-13)16-12(20)8-19-6-10-4-3-5-15-11(10)7-19/h9-11,15H,3-8H2,1-2H3,(H,16,18,20)/t10-,11+/m0/s1. The van der Waals surface area contributed by atoms with E-state index >= 15 is 0 Å². The zero-order chi connectivity index (χ0) is 14.8. The van der Waals surface area contributed by atoms with E-state index in [0.29, 0.717) is 24.4 Å². The highest BCUT2D eigenvalue weighted by atomic mass is 16.4. The van der Waals surface area contributed by atoms with Gasteiger partial charge in [0.25, 0.3) is 0 Å². The lowest BCUT2D eigenvalue weighted by Gasteiger charge is -2.24. The molecule has 21 heavy (non-hydrogen) atoms. The molecular weight excluding hydrogens is 270 g/mol. The molecule has 2 fully saturated rings. The van der Waals surface area contributed by atoms with Crippen molar-refractivity contribution in [2.24, 2.45) is 5.92 Å². The summed E-state index contributed by atoms with van der Waals surface area (Å²) in [5.74, 6) is 1.30. The third kappa shape index (κ3) is 3.41. The highest BCUT2D eigenvalue weighted by molar-refractivity contribution is 5.90. The van der Waals surface area contributed by atoms with E-state index < -0.39 is 0 Å². The van der Waals surface area contributed by atoms with Gasteiger partial charge in [0.15, 0.2) is 0 Å². The third-order valence-corrected chi connectivity index (χ3v) is 4.22. The molecule has 3 rings (SSSR count). The van der Waals surface area contributed by atoms with Crippen molar-refractivity contribution in [1.82, 2.24) is 20.4 Å². The van der Waals surface area contributed by atoms with Gasteiger partial charge in [0, 0.05) is 25.0 Å². The van der Waals surface area contributed by atoms with Gasteiger partial charge in [-0.15, -0.1) is 5.10 Å². The lowest BCUT2D eigenvalue weighted by Crippen LogP contribution is -2.41. The van der Waals surface area contributed by atoms with Crippen LogP contribution in [0.15, 0.2) is 4.42 Å². The van der Waals surface area contributed by atoms with Gasteiger partial charge < -0.3 is 9.73 Å². The summed E-state index contributed by atoms with van der Waals surface area (Å²) in [5.41, 5.74) is 0. The highest BCUT2D eigenvalue weighted by Crippen LogP contribution is 2.24. The van der Waals surface area contributed by atoms with E-state index in [4.69, 9.17) is 4.42 Å². The summed E-state index contributed by atoms with van der Waals surface area (Å²) in [6.45, 7) is 7.36. The normalized spacial score (nSPS) is 26.0. The largest absolute Gasteiger partial charge is 0.408 e. The Morgan fingerprint density at radius 2 is 2.33 bits per heavy atom. The average Bonchev–Trinajstić information content (AvgIpc) is 3.04. The fourth-order valence-electron chi connectivity index (χ4n) is 3.15. The van der Waals surface area contributed by atoms with Crippen LogP contribution in [0, 0.1) is 5.92 Å². The molecule has 2 aliphatic rings. The number of piperidine rings is 1. The Bertz CT molecular complexity index is 487. The molecule has 7 nitrogen and oxygen atoms in total. The van der Waals surface area contributed by atoms with Crippen molar-refractivity contribution in [2.75, 3.05) is 31.5 Å². The lowest BCUT2D eigenvalue weighted by atomic mass is 9.94. The molecule has 3 heterocycles. The molecular formula is C14H23N5O2. The first-order valence-corrected chi connectivity index (χ1v) is 7.71. The number of hydrogen-bond acceptors (Lipinski definition) is 6. The topological polar surface area (TPSA) is 83.3 Å². The predicted octanol–water partition coefficient (Wildman–Crippen LogP) is 0.815. The Balaban J connectivity index is 1.50. The molecule has 0 spiro atoms. The summed E-state index contributed by atoms with van der Waals surface area (Å²) < 4.78 is 5.39. The minimum Gasteiger partial charge on any atom is -0.408 e. The summed E-state index contributed by atoms with van der Waals surface area (Å²) in [6, 6.07) is 0.737. The van der Waals surface area contributed by atoms with Crippen molar-refractivity contribution >= 4 is 11.9 Å². The first-order valence-electron chi connectivity index (χ1n) is 7.71. The number of nitrogens with zero attached hydrogens (tertiary/aromatic N) is 3. The summed E-state index contributed by atoms with van der Waals surface area (Å²) in [4.78, 5) is 14.2. The first kappa shape index (κ1) is 14.5. The Kier molecular flexibility index (Phi) is 4.21. The number of anilines is 1. The molecule has 0 bridgehead atoms. The van der Waals surface area contributed by atoms with Crippen molar-refractivity contribution in [2.45, 2.75) is 38.6 Å². The molecule has 0 aliphatic carbocycles. The molecule has 1 aromatic heterocycles. The van der Waals surface area contributed by atoms with Crippen LogP contribution in [0.4, 0.5) is 6.01 Å². The van der Waals surface area contributed by atoms with Crippen LogP contribution in [0.5, 0.6) is 0 Å². The number of nitrogens with one attached hydrogen (secondary N) is 2. The van der Waals surface area contributed by atoms with Crippen LogP contribution in [0.3, 0.4) is 0 Å². The molecule has 1 amide bonds. The number of hydrogen-bond donors (Lipinski definition) is 2. The van der Waals surface area contributed by atoms with Crippen molar-refractivity contribution in [3.8, 4) is 0 Å². The van der Waals surface area contributed by atoms with Crippen molar-refractivity contribution in [3.05, 3.63) is 5.89 Å². The minimum atomic E-state index is -0.0902. The maximum absolute atomic E-state index is 12.1. The number of rotatable bonds is 4. The van der Waals surface area contributed by atoms with Gasteiger partial charge in [-0.05, 0) is 25.3 Å². The highest BCUT2D eigenvalue weighted by Gasteiger charge is 2.34. The minimum absolute atomic E-state index is 0.0902. The van der Waals surface area contributed by atoms with Crippen LogP contribution in [-0.2, 0) is 4.79 Å². The summed E-state index contributed by atoms with van der Waals surface area (Å²) in [6.07, 6.45) is 2.50. The van der Waals surface area contributed by atoms with Gasteiger partial charge >= 0.3 is 6.01 Å². The Morgan fingerprint density at radius 3 is 3.05 bits per heavy atom. The molecule has 116 valence electrons. The lowest BCUT2D eigenvalue weighted by molar-refractivity contribution is -0.117. The molecule has 2 aliphatic heterocycles. The molecule has 7 heteroatoms. The van der Waals surface area contributed by atoms with Crippen LogP contribution < -0.4 is 10.6 Å². The van der Waals surface area contributed by atoms with Crippen LogP contribution in [0.25, 0.3) is 0 Å². The molecule has 0 radical (unpaired) electrons. The van der Waals surface area contributed by atoms with Crippen LogP contribution in [0.2, 0.25) is 0 Å². The Morgan fingerprint density at radius 1 is 1.48 bits per heavy atom. The van der Waals surface area contributed by atoms with Crippen molar-refractivity contribution in [1.29, 1.82) is 0 Å². The van der Waals surface area contributed by atoms with E-state index in [9.17, 15) is 4.79 Å². The Hall–Kier alpha value is -1.47. The second-order valence-corrected chi connectivity index (χ2v) is 6.31. The predicted molar refractivity (Wildman–Crippen MR) is 78.0 cm³/mol. The number of aromatic nitrogens is 2. The fraction of sp³-hybridized carbons (Fsp3) is 0.786. The van der Waals surface area contributed by atoms with Gasteiger partial charge in [-0.25, -0.2) is 0 Å². The van der Waals surface area contributed by atoms with Crippen LogP contribution in [-0.4, -0.2) is 53.2 Å². The van der Waals surface area contributed by atoms with Gasteiger partial charge in [-0.2, -0.15) is 0 Å². The van der Waals surface area contributed by atoms with Gasteiger partial charge in [0.2, 0.25) is 11.8 Å². The smallest absolute Gasteiger partial charge is 0.322 e. The molecule has 1 aromatic rings. The number of fused-ring (bicyclic) bond motifs is 1. The summed E-state index contributed by atoms with van der Waals surface area (Å²) >= 11 is 0. The molecule has 0 aromatic carbocycles.